The van der Waals surface area contributed by atoms with E-state index in [1.807, 2.05) is 0 Å². The van der Waals surface area contributed by atoms with Gasteiger partial charge in [0.25, 0.3) is 10.0 Å². The van der Waals surface area contributed by atoms with Gasteiger partial charge in [0.1, 0.15) is 0 Å². The van der Waals surface area contributed by atoms with E-state index >= 15 is 0 Å². The first kappa shape index (κ1) is 15.6. The van der Waals surface area contributed by atoms with Gasteiger partial charge in [-0.1, -0.05) is 11.6 Å². The van der Waals surface area contributed by atoms with E-state index in [1.54, 1.807) is 36.2 Å². The fraction of sp³-hybridized carbons (Fsp3) is 0.143. The minimum atomic E-state index is -3.92. The molecule has 4 aromatic rings. The van der Waals surface area contributed by atoms with Crippen molar-refractivity contribution in [2.45, 2.75) is 11.4 Å². The number of pyridine rings is 1. The van der Waals surface area contributed by atoms with Crippen LogP contribution in [-0.2, 0) is 16.4 Å². The van der Waals surface area contributed by atoms with E-state index < -0.39 is 10.0 Å². The standard InChI is InChI=1S/C14H12ClN5O2S2/c15-12-13(19-5-6-23-14(19)18-12)24(21,22)20-8-9(1-3-16)10-7-17-4-2-11(10)20/h2,4-8H,1,3,16H2. The number of imidazole rings is 1. The first-order valence-corrected chi connectivity index (χ1v) is 9.74. The summed E-state index contributed by atoms with van der Waals surface area (Å²) in [6, 6.07) is 1.66. The maximum Gasteiger partial charge on any atom is 0.287 e. The third kappa shape index (κ3) is 2.16. The molecule has 0 spiro atoms. The number of fused-ring (bicyclic) bond motifs is 2. The molecule has 4 aromatic heterocycles. The topological polar surface area (TPSA) is 95.3 Å². The number of aromatic nitrogens is 4. The van der Waals surface area contributed by atoms with Crippen LogP contribution in [0.5, 0.6) is 0 Å². The molecule has 0 bridgehead atoms. The minimum absolute atomic E-state index is 0.0434. The van der Waals surface area contributed by atoms with Crippen molar-refractivity contribution < 1.29 is 8.42 Å². The molecular weight excluding hydrogens is 370 g/mol. The quantitative estimate of drug-likeness (QED) is 0.584. The van der Waals surface area contributed by atoms with Crippen LogP contribution in [-0.4, -0.2) is 33.3 Å². The summed E-state index contributed by atoms with van der Waals surface area (Å²) in [6.45, 7) is 0.413. The lowest BCUT2D eigenvalue weighted by atomic mass is 10.2. The molecule has 124 valence electrons. The summed E-state index contributed by atoms with van der Waals surface area (Å²) in [5.41, 5.74) is 7.00. The lowest BCUT2D eigenvalue weighted by Gasteiger charge is -2.06. The predicted molar refractivity (Wildman–Crippen MR) is 93.2 cm³/mol. The molecule has 0 fully saturated rings. The number of nitrogens with zero attached hydrogens (tertiary/aromatic N) is 4. The molecular formula is C14H12ClN5O2S2. The Balaban J connectivity index is 2.03. The second kappa shape index (κ2) is 5.55. The Morgan fingerprint density at radius 2 is 2.21 bits per heavy atom. The van der Waals surface area contributed by atoms with Gasteiger partial charge in [0.2, 0.25) is 5.03 Å². The zero-order valence-corrected chi connectivity index (χ0v) is 14.6. The number of thiazole rings is 1. The van der Waals surface area contributed by atoms with Crippen molar-refractivity contribution in [1.82, 2.24) is 18.3 Å². The Morgan fingerprint density at radius 3 is 3.00 bits per heavy atom. The predicted octanol–water partition coefficient (Wildman–Crippen LogP) is 2.14. The van der Waals surface area contributed by atoms with Crippen molar-refractivity contribution >= 4 is 48.8 Å². The van der Waals surface area contributed by atoms with E-state index in [9.17, 15) is 8.42 Å². The molecule has 24 heavy (non-hydrogen) atoms. The van der Waals surface area contributed by atoms with Crippen molar-refractivity contribution in [3.63, 3.8) is 0 Å². The van der Waals surface area contributed by atoms with Crippen molar-refractivity contribution in [1.29, 1.82) is 0 Å². The van der Waals surface area contributed by atoms with Crippen LogP contribution in [0.4, 0.5) is 0 Å². The van der Waals surface area contributed by atoms with Gasteiger partial charge in [-0.25, -0.2) is 8.96 Å². The number of hydrogen-bond donors (Lipinski definition) is 1. The van der Waals surface area contributed by atoms with Crippen LogP contribution in [0.1, 0.15) is 5.56 Å². The van der Waals surface area contributed by atoms with Crippen LogP contribution in [0.3, 0.4) is 0 Å². The fourth-order valence-corrected chi connectivity index (χ4v) is 5.53. The molecule has 0 saturated heterocycles. The molecule has 0 radical (unpaired) electrons. The minimum Gasteiger partial charge on any atom is -0.330 e. The molecule has 0 aliphatic carbocycles. The van der Waals surface area contributed by atoms with Crippen molar-refractivity contribution in [3.8, 4) is 0 Å². The highest BCUT2D eigenvalue weighted by Gasteiger charge is 2.28. The molecule has 4 rings (SSSR count). The molecule has 0 aliphatic heterocycles. The van der Waals surface area contributed by atoms with Crippen LogP contribution >= 0.6 is 22.9 Å². The molecule has 0 amide bonds. The lowest BCUT2D eigenvalue weighted by Crippen LogP contribution is -2.14. The molecule has 4 heterocycles. The third-order valence-electron chi connectivity index (χ3n) is 3.75. The SMILES string of the molecule is NCCc1cn(S(=O)(=O)c2c(Cl)nc3sccn23)c2ccncc12. The van der Waals surface area contributed by atoms with E-state index in [-0.39, 0.29) is 10.2 Å². The zero-order valence-electron chi connectivity index (χ0n) is 12.3. The summed E-state index contributed by atoms with van der Waals surface area (Å²) in [4.78, 5) is 8.72. The number of nitrogens with two attached hydrogens (primary N) is 1. The monoisotopic (exact) mass is 381 g/mol. The van der Waals surface area contributed by atoms with E-state index in [4.69, 9.17) is 17.3 Å². The smallest absolute Gasteiger partial charge is 0.287 e. The van der Waals surface area contributed by atoms with Gasteiger partial charge in [-0.3, -0.25) is 9.38 Å². The fourth-order valence-electron chi connectivity index (χ4n) is 2.72. The highest BCUT2D eigenvalue weighted by Crippen LogP contribution is 2.30. The Morgan fingerprint density at radius 1 is 1.38 bits per heavy atom. The molecule has 2 N–H and O–H groups in total. The summed E-state index contributed by atoms with van der Waals surface area (Å²) in [6.07, 6.45) is 6.97. The molecule has 10 heteroatoms. The maximum atomic E-state index is 13.2. The van der Waals surface area contributed by atoms with Crippen molar-refractivity contribution in [2.24, 2.45) is 5.73 Å². The maximum absolute atomic E-state index is 13.2. The zero-order chi connectivity index (χ0) is 16.9. The summed E-state index contributed by atoms with van der Waals surface area (Å²) < 4.78 is 29.2. The summed E-state index contributed by atoms with van der Waals surface area (Å²) in [5.74, 6) is 0. The van der Waals surface area contributed by atoms with Gasteiger partial charge in [-0.2, -0.15) is 8.42 Å². The number of rotatable bonds is 4. The summed E-state index contributed by atoms with van der Waals surface area (Å²) in [5, 5.41) is 2.43. The van der Waals surface area contributed by atoms with E-state index in [0.717, 1.165) is 10.9 Å². The average molecular weight is 382 g/mol. The molecule has 0 unspecified atom stereocenters. The number of halogens is 1. The van der Waals surface area contributed by atoms with Crippen LogP contribution in [0.15, 0.2) is 41.3 Å². The molecule has 0 saturated carbocycles. The second-order valence-corrected chi connectivity index (χ2v) is 8.11. The largest absolute Gasteiger partial charge is 0.330 e. The van der Waals surface area contributed by atoms with Gasteiger partial charge in [-0.05, 0) is 24.6 Å². The lowest BCUT2D eigenvalue weighted by molar-refractivity contribution is 0.584. The van der Waals surface area contributed by atoms with Gasteiger partial charge >= 0.3 is 0 Å². The van der Waals surface area contributed by atoms with Crippen LogP contribution in [0.2, 0.25) is 5.15 Å². The first-order chi connectivity index (χ1) is 11.5. The third-order valence-corrected chi connectivity index (χ3v) is 6.58. The average Bonchev–Trinajstić information content (AvgIpc) is 3.20. The Hall–Kier alpha value is -1.94. The van der Waals surface area contributed by atoms with Gasteiger partial charge < -0.3 is 5.73 Å². The number of hydrogen-bond acceptors (Lipinski definition) is 6. The van der Waals surface area contributed by atoms with Gasteiger partial charge in [0, 0.05) is 35.6 Å². The van der Waals surface area contributed by atoms with Crippen LogP contribution in [0, 0.1) is 0 Å². The van der Waals surface area contributed by atoms with Gasteiger partial charge in [0.15, 0.2) is 10.1 Å². The van der Waals surface area contributed by atoms with E-state index in [2.05, 4.69) is 9.97 Å². The highest BCUT2D eigenvalue weighted by atomic mass is 35.5. The Bertz CT molecular complexity index is 1160. The summed E-state index contributed by atoms with van der Waals surface area (Å²) in [7, 11) is -3.92. The molecule has 7 nitrogen and oxygen atoms in total. The molecule has 0 atom stereocenters. The second-order valence-electron chi connectivity index (χ2n) is 5.15. The Kier molecular flexibility index (Phi) is 3.61. The van der Waals surface area contributed by atoms with Crippen LogP contribution < -0.4 is 5.73 Å². The molecule has 0 aromatic carbocycles. The van der Waals surface area contributed by atoms with Crippen molar-refractivity contribution in [3.05, 3.63) is 47.0 Å². The van der Waals surface area contributed by atoms with Crippen LogP contribution in [0.25, 0.3) is 15.9 Å². The van der Waals surface area contributed by atoms with Gasteiger partial charge in [-0.15, -0.1) is 11.3 Å². The van der Waals surface area contributed by atoms with Crippen molar-refractivity contribution in [2.75, 3.05) is 6.54 Å². The normalized spacial score (nSPS) is 12.4. The first-order valence-electron chi connectivity index (χ1n) is 7.04. The van der Waals surface area contributed by atoms with E-state index in [0.29, 0.717) is 23.4 Å². The van der Waals surface area contributed by atoms with Gasteiger partial charge in [0.05, 0.1) is 5.52 Å². The summed E-state index contributed by atoms with van der Waals surface area (Å²) >= 11 is 7.43. The molecule has 0 aliphatic rings. The Labute approximate surface area is 146 Å². The van der Waals surface area contributed by atoms with E-state index in [1.165, 1.54) is 19.7 Å². The highest BCUT2D eigenvalue weighted by molar-refractivity contribution is 7.90.